The number of halogens is 1. The molecule has 1 aromatic carbocycles. The highest BCUT2D eigenvalue weighted by Crippen LogP contribution is 2.17. The summed E-state index contributed by atoms with van der Waals surface area (Å²) in [6, 6.07) is 7.93. The van der Waals surface area contributed by atoms with E-state index < -0.39 is 0 Å². The maximum atomic E-state index is 11.0. The first kappa shape index (κ1) is 10.2. The Morgan fingerprint density at radius 3 is 2.77 bits per heavy atom. The van der Waals surface area contributed by atoms with E-state index >= 15 is 0 Å². The molecule has 0 saturated heterocycles. The van der Waals surface area contributed by atoms with Crippen molar-refractivity contribution in [2.24, 2.45) is 0 Å². The summed E-state index contributed by atoms with van der Waals surface area (Å²) < 4.78 is 1.06. The SMILES string of the molecule is C=CC(=O)CCc1ccccc1Br. The van der Waals surface area contributed by atoms with Crippen LogP contribution in [0.15, 0.2) is 41.4 Å². The maximum absolute atomic E-state index is 11.0. The van der Waals surface area contributed by atoms with Crippen LogP contribution in [-0.4, -0.2) is 5.78 Å². The third-order valence-corrected chi connectivity index (χ3v) is 2.60. The predicted octanol–water partition coefficient (Wildman–Crippen LogP) is 3.14. The minimum atomic E-state index is 0.0933. The quantitative estimate of drug-likeness (QED) is 0.737. The second kappa shape index (κ2) is 4.97. The zero-order chi connectivity index (χ0) is 9.68. The van der Waals surface area contributed by atoms with Crippen LogP contribution in [-0.2, 0) is 11.2 Å². The highest BCUT2D eigenvalue weighted by Gasteiger charge is 2.00. The van der Waals surface area contributed by atoms with Gasteiger partial charge in [0.15, 0.2) is 5.78 Å². The summed E-state index contributed by atoms with van der Waals surface area (Å²) in [5.41, 5.74) is 1.16. The van der Waals surface area contributed by atoms with Gasteiger partial charge in [0.05, 0.1) is 0 Å². The zero-order valence-corrected chi connectivity index (χ0v) is 8.88. The van der Waals surface area contributed by atoms with E-state index in [0.29, 0.717) is 6.42 Å². The largest absolute Gasteiger partial charge is 0.295 e. The van der Waals surface area contributed by atoms with Crippen molar-refractivity contribution in [1.29, 1.82) is 0 Å². The van der Waals surface area contributed by atoms with E-state index in [2.05, 4.69) is 22.5 Å². The van der Waals surface area contributed by atoms with Gasteiger partial charge in [0, 0.05) is 10.9 Å². The molecular formula is C11H11BrO. The minimum Gasteiger partial charge on any atom is -0.295 e. The van der Waals surface area contributed by atoms with Crippen molar-refractivity contribution in [2.45, 2.75) is 12.8 Å². The summed E-state index contributed by atoms with van der Waals surface area (Å²) in [5, 5.41) is 0. The number of rotatable bonds is 4. The summed E-state index contributed by atoms with van der Waals surface area (Å²) in [6.07, 6.45) is 2.68. The molecule has 2 heteroatoms. The summed E-state index contributed by atoms with van der Waals surface area (Å²) in [5.74, 6) is 0.0933. The summed E-state index contributed by atoms with van der Waals surface area (Å²) >= 11 is 3.43. The number of benzene rings is 1. The molecule has 0 saturated carbocycles. The Labute approximate surface area is 86.6 Å². The van der Waals surface area contributed by atoms with Crippen molar-refractivity contribution in [3.63, 3.8) is 0 Å². The van der Waals surface area contributed by atoms with E-state index in [9.17, 15) is 4.79 Å². The van der Waals surface area contributed by atoms with E-state index in [1.165, 1.54) is 6.08 Å². The molecule has 0 radical (unpaired) electrons. The number of hydrogen-bond donors (Lipinski definition) is 0. The number of allylic oxidation sites excluding steroid dienone is 1. The fraction of sp³-hybridized carbons (Fsp3) is 0.182. The average Bonchev–Trinajstić information content (AvgIpc) is 2.16. The second-order valence-electron chi connectivity index (χ2n) is 2.76. The summed E-state index contributed by atoms with van der Waals surface area (Å²) in [7, 11) is 0. The number of carbonyl (C=O) groups excluding carboxylic acids is 1. The van der Waals surface area contributed by atoms with E-state index in [-0.39, 0.29) is 5.78 Å². The topological polar surface area (TPSA) is 17.1 Å². The van der Waals surface area contributed by atoms with Crippen LogP contribution >= 0.6 is 15.9 Å². The van der Waals surface area contributed by atoms with Crippen molar-refractivity contribution in [1.82, 2.24) is 0 Å². The van der Waals surface area contributed by atoms with Gasteiger partial charge < -0.3 is 0 Å². The fourth-order valence-electron chi connectivity index (χ4n) is 1.06. The lowest BCUT2D eigenvalue weighted by molar-refractivity contribution is -0.114. The maximum Gasteiger partial charge on any atom is 0.155 e. The number of carbonyl (C=O) groups is 1. The number of hydrogen-bond acceptors (Lipinski definition) is 1. The van der Waals surface area contributed by atoms with Gasteiger partial charge in [-0.15, -0.1) is 0 Å². The van der Waals surface area contributed by atoms with Crippen LogP contribution in [0.5, 0.6) is 0 Å². The van der Waals surface area contributed by atoms with Gasteiger partial charge in [-0.1, -0.05) is 40.7 Å². The van der Waals surface area contributed by atoms with Gasteiger partial charge in [-0.25, -0.2) is 0 Å². The van der Waals surface area contributed by atoms with Gasteiger partial charge >= 0.3 is 0 Å². The lowest BCUT2D eigenvalue weighted by Crippen LogP contribution is -1.95. The van der Waals surface area contributed by atoms with Crippen molar-refractivity contribution in [2.75, 3.05) is 0 Å². The highest BCUT2D eigenvalue weighted by molar-refractivity contribution is 9.10. The second-order valence-corrected chi connectivity index (χ2v) is 3.62. The Hall–Kier alpha value is -0.890. The van der Waals surface area contributed by atoms with Gasteiger partial charge in [0.25, 0.3) is 0 Å². The molecule has 68 valence electrons. The molecule has 1 aromatic rings. The first-order valence-corrected chi connectivity index (χ1v) is 4.92. The van der Waals surface area contributed by atoms with Crippen LogP contribution in [0.3, 0.4) is 0 Å². The molecule has 0 unspecified atom stereocenters. The van der Waals surface area contributed by atoms with Crippen LogP contribution in [0.4, 0.5) is 0 Å². The van der Waals surface area contributed by atoms with Gasteiger partial charge in [-0.05, 0) is 24.1 Å². The molecule has 13 heavy (non-hydrogen) atoms. The Morgan fingerprint density at radius 1 is 1.46 bits per heavy atom. The minimum absolute atomic E-state index is 0.0933. The van der Waals surface area contributed by atoms with Crippen molar-refractivity contribution < 1.29 is 4.79 Å². The molecule has 0 aromatic heterocycles. The van der Waals surface area contributed by atoms with Crippen molar-refractivity contribution in [3.05, 3.63) is 47.0 Å². The van der Waals surface area contributed by atoms with Gasteiger partial charge in [-0.3, -0.25) is 4.79 Å². The number of ketones is 1. The first-order valence-electron chi connectivity index (χ1n) is 4.12. The van der Waals surface area contributed by atoms with Crippen LogP contribution in [0.25, 0.3) is 0 Å². The standard InChI is InChI=1S/C11H11BrO/c1-2-10(13)8-7-9-5-3-4-6-11(9)12/h2-6H,1,7-8H2. The van der Waals surface area contributed by atoms with Crippen LogP contribution in [0.1, 0.15) is 12.0 Å². The smallest absolute Gasteiger partial charge is 0.155 e. The summed E-state index contributed by atoms with van der Waals surface area (Å²) in [6.45, 7) is 3.43. The highest BCUT2D eigenvalue weighted by atomic mass is 79.9. The van der Waals surface area contributed by atoms with Crippen molar-refractivity contribution >= 4 is 21.7 Å². The molecule has 1 rings (SSSR count). The van der Waals surface area contributed by atoms with Gasteiger partial charge in [0.1, 0.15) is 0 Å². The third-order valence-electron chi connectivity index (χ3n) is 1.83. The molecule has 0 fully saturated rings. The lowest BCUT2D eigenvalue weighted by Gasteiger charge is -2.01. The molecule has 0 N–H and O–H groups in total. The molecule has 0 atom stereocenters. The Balaban J connectivity index is 2.59. The van der Waals surface area contributed by atoms with Crippen molar-refractivity contribution in [3.8, 4) is 0 Å². The van der Waals surface area contributed by atoms with E-state index in [0.717, 1.165) is 16.5 Å². The Morgan fingerprint density at radius 2 is 2.15 bits per heavy atom. The molecule has 0 aliphatic carbocycles. The molecule has 0 aliphatic rings. The van der Waals surface area contributed by atoms with Gasteiger partial charge in [0.2, 0.25) is 0 Å². The molecule has 0 heterocycles. The molecule has 0 spiro atoms. The van der Waals surface area contributed by atoms with Gasteiger partial charge in [-0.2, -0.15) is 0 Å². The summed E-state index contributed by atoms with van der Waals surface area (Å²) in [4.78, 5) is 11.0. The van der Waals surface area contributed by atoms with Crippen LogP contribution in [0.2, 0.25) is 0 Å². The molecule has 0 aliphatic heterocycles. The van der Waals surface area contributed by atoms with Crippen LogP contribution in [0, 0.1) is 0 Å². The Bertz CT molecular complexity index is 318. The third kappa shape index (κ3) is 3.15. The van der Waals surface area contributed by atoms with Crippen LogP contribution < -0.4 is 0 Å². The van der Waals surface area contributed by atoms with E-state index in [4.69, 9.17) is 0 Å². The van der Waals surface area contributed by atoms with E-state index in [1.807, 2.05) is 24.3 Å². The monoisotopic (exact) mass is 238 g/mol. The average molecular weight is 239 g/mol. The normalized spacial score (nSPS) is 9.62. The molecule has 0 bridgehead atoms. The first-order chi connectivity index (χ1) is 6.24. The Kier molecular flexibility index (Phi) is 3.90. The molecule has 0 amide bonds. The molecular weight excluding hydrogens is 228 g/mol. The van der Waals surface area contributed by atoms with E-state index in [1.54, 1.807) is 0 Å². The lowest BCUT2D eigenvalue weighted by atomic mass is 10.1. The zero-order valence-electron chi connectivity index (χ0n) is 7.29. The number of aryl methyl sites for hydroxylation is 1. The molecule has 1 nitrogen and oxygen atoms in total. The predicted molar refractivity (Wildman–Crippen MR) is 57.7 cm³/mol. The fourth-order valence-corrected chi connectivity index (χ4v) is 1.54.